The average molecular weight is 282 g/mol. The van der Waals surface area contributed by atoms with Crippen molar-refractivity contribution >= 4 is 11.6 Å². The van der Waals surface area contributed by atoms with Crippen LogP contribution in [0.5, 0.6) is 0 Å². The van der Waals surface area contributed by atoms with Crippen molar-refractivity contribution in [3.05, 3.63) is 51.6 Å². The van der Waals surface area contributed by atoms with Gasteiger partial charge in [0.1, 0.15) is 5.82 Å². The first-order valence-electron chi connectivity index (χ1n) is 6.15. The Kier molecular flexibility index (Phi) is 4.22. The van der Waals surface area contributed by atoms with Gasteiger partial charge in [-0.05, 0) is 32.5 Å². The third kappa shape index (κ3) is 2.80. The highest BCUT2D eigenvalue weighted by molar-refractivity contribution is 6.31. The van der Waals surface area contributed by atoms with Crippen molar-refractivity contribution < 1.29 is 4.39 Å². The van der Waals surface area contributed by atoms with Gasteiger partial charge in [0.05, 0.1) is 17.3 Å². The minimum Gasteiger partial charge on any atom is -0.316 e. The van der Waals surface area contributed by atoms with Crippen LogP contribution in [0.3, 0.4) is 0 Å². The van der Waals surface area contributed by atoms with Crippen molar-refractivity contribution in [1.82, 2.24) is 15.1 Å². The molecule has 0 aliphatic rings. The van der Waals surface area contributed by atoms with E-state index in [0.717, 1.165) is 23.5 Å². The van der Waals surface area contributed by atoms with E-state index in [1.807, 2.05) is 31.6 Å². The van der Waals surface area contributed by atoms with E-state index >= 15 is 0 Å². The molecular formula is C14H17ClFN3. The summed E-state index contributed by atoms with van der Waals surface area (Å²) in [5.41, 5.74) is 3.98. The molecule has 2 rings (SSSR count). The van der Waals surface area contributed by atoms with Crippen LogP contribution in [-0.4, -0.2) is 16.8 Å². The van der Waals surface area contributed by atoms with Crippen LogP contribution < -0.4 is 5.32 Å². The summed E-state index contributed by atoms with van der Waals surface area (Å²) in [6.45, 7) is 5.24. The van der Waals surface area contributed by atoms with Gasteiger partial charge in [-0.15, -0.1) is 0 Å². The van der Waals surface area contributed by atoms with Gasteiger partial charge in [-0.2, -0.15) is 5.10 Å². The van der Waals surface area contributed by atoms with Gasteiger partial charge in [0, 0.05) is 17.8 Å². The highest BCUT2D eigenvalue weighted by Crippen LogP contribution is 2.22. The lowest BCUT2D eigenvalue weighted by Crippen LogP contribution is -2.08. The first kappa shape index (κ1) is 14.0. The predicted molar refractivity (Wildman–Crippen MR) is 75.0 cm³/mol. The molecule has 0 saturated heterocycles. The lowest BCUT2D eigenvalue weighted by Gasteiger charge is -2.08. The maximum atomic E-state index is 13.4. The molecule has 3 nitrogen and oxygen atoms in total. The summed E-state index contributed by atoms with van der Waals surface area (Å²) in [5, 5.41) is 7.79. The van der Waals surface area contributed by atoms with Gasteiger partial charge in [-0.1, -0.05) is 23.7 Å². The molecule has 0 aliphatic carbocycles. The second-order valence-electron chi connectivity index (χ2n) is 4.55. The maximum Gasteiger partial charge on any atom is 0.142 e. The van der Waals surface area contributed by atoms with Crippen molar-refractivity contribution in [3.63, 3.8) is 0 Å². The predicted octanol–water partition coefficient (Wildman–Crippen LogP) is 3.06. The van der Waals surface area contributed by atoms with E-state index in [-0.39, 0.29) is 5.02 Å². The standard InChI is InChI=1S/C14H17ClFN3/c1-9-12(7-17-3)10(2)19(18-9)8-11-5-4-6-13(16)14(11)15/h4-6,17H,7-8H2,1-3H3. The highest BCUT2D eigenvalue weighted by atomic mass is 35.5. The van der Waals surface area contributed by atoms with Gasteiger partial charge < -0.3 is 5.32 Å². The van der Waals surface area contributed by atoms with Gasteiger partial charge >= 0.3 is 0 Å². The number of rotatable bonds is 4. The first-order chi connectivity index (χ1) is 9.04. The SMILES string of the molecule is CNCc1c(C)nn(Cc2cccc(F)c2Cl)c1C. The van der Waals surface area contributed by atoms with Gasteiger partial charge in [-0.3, -0.25) is 4.68 Å². The largest absolute Gasteiger partial charge is 0.316 e. The van der Waals surface area contributed by atoms with Crippen LogP contribution in [0, 0.1) is 19.7 Å². The van der Waals surface area contributed by atoms with E-state index in [1.165, 1.54) is 11.6 Å². The summed E-state index contributed by atoms with van der Waals surface area (Å²) in [7, 11) is 1.90. The molecule has 0 unspecified atom stereocenters. The Morgan fingerprint density at radius 2 is 2.11 bits per heavy atom. The maximum absolute atomic E-state index is 13.4. The normalized spacial score (nSPS) is 11.0. The van der Waals surface area contributed by atoms with E-state index in [4.69, 9.17) is 11.6 Å². The van der Waals surface area contributed by atoms with Crippen LogP contribution >= 0.6 is 11.6 Å². The fraction of sp³-hybridized carbons (Fsp3) is 0.357. The molecule has 0 amide bonds. The number of aromatic nitrogens is 2. The van der Waals surface area contributed by atoms with Crippen LogP contribution in [0.1, 0.15) is 22.5 Å². The van der Waals surface area contributed by atoms with E-state index in [9.17, 15) is 4.39 Å². The van der Waals surface area contributed by atoms with Crippen molar-refractivity contribution in [2.75, 3.05) is 7.05 Å². The molecule has 0 fully saturated rings. The van der Waals surface area contributed by atoms with Crippen LogP contribution in [0.2, 0.25) is 5.02 Å². The second kappa shape index (κ2) is 5.72. The van der Waals surface area contributed by atoms with E-state index < -0.39 is 5.82 Å². The lowest BCUT2D eigenvalue weighted by atomic mass is 10.2. The fourth-order valence-corrected chi connectivity index (χ4v) is 2.34. The number of nitrogens with one attached hydrogen (secondary N) is 1. The Morgan fingerprint density at radius 1 is 1.37 bits per heavy atom. The lowest BCUT2D eigenvalue weighted by molar-refractivity contribution is 0.616. The van der Waals surface area contributed by atoms with Crippen LogP contribution in [0.4, 0.5) is 4.39 Å². The number of benzene rings is 1. The molecule has 0 aliphatic heterocycles. The molecule has 5 heteroatoms. The van der Waals surface area contributed by atoms with Gasteiger partial charge in [0.25, 0.3) is 0 Å². The van der Waals surface area contributed by atoms with Crippen LogP contribution in [0.15, 0.2) is 18.2 Å². The topological polar surface area (TPSA) is 29.9 Å². The smallest absolute Gasteiger partial charge is 0.142 e. The van der Waals surface area contributed by atoms with E-state index in [2.05, 4.69) is 10.4 Å². The molecular weight excluding hydrogens is 265 g/mol. The summed E-state index contributed by atoms with van der Waals surface area (Å²) in [4.78, 5) is 0. The molecule has 0 spiro atoms. The third-order valence-electron chi connectivity index (χ3n) is 3.24. The van der Waals surface area contributed by atoms with Crippen molar-refractivity contribution in [3.8, 4) is 0 Å². The fourth-order valence-electron chi connectivity index (χ4n) is 2.15. The number of nitrogens with zero attached hydrogens (tertiary/aromatic N) is 2. The zero-order chi connectivity index (χ0) is 14.0. The van der Waals surface area contributed by atoms with Crippen LogP contribution in [0.25, 0.3) is 0 Å². The molecule has 102 valence electrons. The third-order valence-corrected chi connectivity index (χ3v) is 3.66. The molecule has 1 heterocycles. The summed E-state index contributed by atoms with van der Waals surface area (Å²) < 4.78 is 15.3. The summed E-state index contributed by atoms with van der Waals surface area (Å²) in [5.74, 6) is -0.392. The van der Waals surface area contributed by atoms with Crippen molar-refractivity contribution in [2.24, 2.45) is 0 Å². The molecule has 2 aromatic rings. The Bertz CT molecular complexity index is 593. The minimum absolute atomic E-state index is 0.171. The van der Waals surface area contributed by atoms with E-state index in [1.54, 1.807) is 6.07 Å². The molecule has 0 saturated carbocycles. The van der Waals surface area contributed by atoms with Gasteiger partial charge in [-0.25, -0.2) is 4.39 Å². The molecule has 0 radical (unpaired) electrons. The summed E-state index contributed by atoms with van der Waals surface area (Å²) in [6, 6.07) is 4.84. The molecule has 0 bridgehead atoms. The molecule has 1 aromatic heterocycles. The number of hydrogen-bond donors (Lipinski definition) is 1. The quantitative estimate of drug-likeness (QED) is 0.933. The average Bonchev–Trinajstić information content (AvgIpc) is 2.63. The van der Waals surface area contributed by atoms with Gasteiger partial charge in [0.2, 0.25) is 0 Å². The Labute approximate surface area is 117 Å². The minimum atomic E-state index is -0.392. The summed E-state index contributed by atoms with van der Waals surface area (Å²) in [6.07, 6.45) is 0. The zero-order valence-corrected chi connectivity index (χ0v) is 12.1. The molecule has 1 aromatic carbocycles. The van der Waals surface area contributed by atoms with Crippen molar-refractivity contribution in [2.45, 2.75) is 26.9 Å². The van der Waals surface area contributed by atoms with E-state index in [0.29, 0.717) is 6.54 Å². The number of aryl methyl sites for hydroxylation is 1. The van der Waals surface area contributed by atoms with Crippen molar-refractivity contribution in [1.29, 1.82) is 0 Å². The Balaban J connectivity index is 2.34. The first-order valence-corrected chi connectivity index (χ1v) is 6.52. The zero-order valence-electron chi connectivity index (χ0n) is 11.3. The number of hydrogen-bond acceptors (Lipinski definition) is 2. The molecule has 1 N–H and O–H groups in total. The van der Waals surface area contributed by atoms with Gasteiger partial charge in [0.15, 0.2) is 0 Å². The van der Waals surface area contributed by atoms with Crippen LogP contribution in [-0.2, 0) is 13.1 Å². The Morgan fingerprint density at radius 3 is 2.79 bits per heavy atom. The summed E-state index contributed by atoms with van der Waals surface area (Å²) >= 11 is 5.97. The molecule has 19 heavy (non-hydrogen) atoms. The highest BCUT2D eigenvalue weighted by Gasteiger charge is 2.13. The molecule has 0 atom stereocenters. The Hall–Kier alpha value is -1.39. The number of halogens is 2. The monoisotopic (exact) mass is 281 g/mol. The second-order valence-corrected chi connectivity index (χ2v) is 4.93.